The number of aromatic nitrogens is 2. The lowest BCUT2D eigenvalue weighted by Gasteiger charge is -2.32. The predicted molar refractivity (Wildman–Crippen MR) is 102 cm³/mol. The van der Waals surface area contributed by atoms with E-state index in [-0.39, 0.29) is 12.0 Å². The van der Waals surface area contributed by atoms with Gasteiger partial charge in [0.05, 0.1) is 27.9 Å². The van der Waals surface area contributed by atoms with E-state index in [4.69, 9.17) is 18.9 Å². The number of benzene rings is 1. The minimum atomic E-state index is -0.117. The first-order chi connectivity index (χ1) is 13.5. The zero-order valence-electron chi connectivity index (χ0n) is 16.6. The second-order valence-corrected chi connectivity index (χ2v) is 6.49. The number of nitrogens with zero attached hydrogens (tertiary/aromatic N) is 3. The topological polar surface area (TPSA) is 83.0 Å². The zero-order chi connectivity index (χ0) is 20.1. The summed E-state index contributed by atoms with van der Waals surface area (Å²) in [4.78, 5) is 23.2. The van der Waals surface area contributed by atoms with E-state index in [9.17, 15) is 4.79 Å². The third-order valence-corrected chi connectivity index (χ3v) is 4.61. The van der Waals surface area contributed by atoms with Crippen molar-refractivity contribution in [2.24, 2.45) is 0 Å². The largest absolute Gasteiger partial charge is 0.493 e. The van der Waals surface area contributed by atoms with Crippen LogP contribution in [0.15, 0.2) is 24.4 Å². The van der Waals surface area contributed by atoms with E-state index >= 15 is 0 Å². The van der Waals surface area contributed by atoms with E-state index < -0.39 is 0 Å². The summed E-state index contributed by atoms with van der Waals surface area (Å²) in [5, 5.41) is 0. The van der Waals surface area contributed by atoms with E-state index in [1.54, 1.807) is 29.3 Å². The van der Waals surface area contributed by atoms with Crippen LogP contribution in [0.3, 0.4) is 0 Å². The number of ether oxygens (including phenoxy) is 4. The Morgan fingerprint density at radius 3 is 2.46 bits per heavy atom. The van der Waals surface area contributed by atoms with Gasteiger partial charge in [0.15, 0.2) is 11.5 Å². The van der Waals surface area contributed by atoms with Crippen LogP contribution < -0.4 is 18.9 Å². The molecule has 0 saturated carbocycles. The summed E-state index contributed by atoms with van der Waals surface area (Å²) in [5.41, 5.74) is 0.480. The number of carbonyl (C=O) groups is 1. The molecule has 28 heavy (non-hydrogen) atoms. The Morgan fingerprint density at radius 1 is 1.14 bits per heavy atom. The summed E-state index contributed by atoms with van der Waals surface area (Å²) in [6.45, 7) is 2.96. The van der Waals surface area contributed by atoms with E-state index in [0.717, 1.165) is 12.8 Å². The van der Waals surface area contributed by atoms with Crippen molar-refractivity contribution < 1.29 is 23.7 Å². The Hall–Kier alpha value is -3.03. The van der Waals surface area contributed by atoms with Crippen LogP contribution in [0.5, 0.6) is 23.1 Å². The molecule has 1 saturated heterocycles. The van der Waals surface area contributed by atoms with Gasteiger partial charge in [0, 0.05) is 24.4 Å². The van der Waals surface area contributed by atoms with Crippen molar-refractivity contribution in [2.45, 2.75) is 25.9 Å². The Balaban J connectivity index is 1.76. The van der Waals surface area contributed by atoms with Gasteiger partial charge in [-0.05, 0) is 31.9 Å². The fraction of sp³-hybridized carbons (Fsp3) is 0.450. The smallest absolute Gasteiger partial charge is 0.254 e. The minimum Gasteiger partial charge on any atom is -0.493 e. The molecule has 1 fully saturated rings. The third kappa shape index (κ3) is 4.27. The van der Waals surface area contributed by atoms with Gasteiger partial charge in [0.1, 0.15) is 11.9 Å². The quantitative estimate of drug-likeness (QED) is 0.753. The zero-order valence-corrected chi connectivity index (χ0v) is 16.6. The minimum absolute atomic E-state index is 0.105. The van der Waals surface area contributed by atoms with Gasteiger partial charge in [-0.25, -0.2) is 4.98 Å². The molecule has 2 aromatic rings. The van der Waals surface area contributed by atoms with Crippen LogP contribution >= 0.6 is 0 Å². The molecule has 3 rings (SSSR count). The van der Waals surface area contributed by atoms with E-state index in [1.165, 1.54) is 21.3 Å². The molecule has 2 heterocycles. The first-order valence-electron chi connectivity index (χ1n) is 9.11. The lowest BCUT2D eigenvalue weighted by Crippen LogP contribution is -2.44. The maximum Gasteiger partial charge on any atom is 0.254 e. The second kappa shape index (κ2) is 8.77. The second-order valence-electron chi connectivity index (χ2n) is 6.49. The Morgan fingerprint density at radius 2 is 1.86 bits per heavy atom. The van der Waals surface area contributed by atoms with Crippen molar-refractivity contribution >= 4 is 5.91 Å². The van der Waals surface area contributed by atoms with Crippen LogP contribution in [-0.2, 0) is 0 Å². The molecule has 1 amide bonds. The number of hydrogen-bond donors (Lipinski definition) is 0. The van der Waals surface area contributed by atoms with Crippen molar-refractivity contribution in [1.29, 1.82) is 0 Å². The summed E-state index contributed by atoms with van der Waals surface area (Å²) < 4.78 is 22.0. The Kier molecular flexibility index (Phi) is 6.18. The molecule has 1 aromatic heterocycles. The Bertz CT molecular complexity index is 817. The van der Waals surface area contributed by atoms with Crippen LogP contribution in [0, 0.1) is 6.92 Å². The lowest BCUT2D eigenvalue weighted by molar-refractivity contribution is 0.0526. The number of carbonyl (C=O) groups excluding carboxylic acids is 1. The Labute approximate surface area is 164 Å². The summed E-state index contributed by atoms with van der Waals surface area (Å²) in [5.74, 6) is 2.43. The third-order valence-electron chi connectivity index (χ3n) is 4.61. The van der Waals surface area contributed by atoms with Gasteiger partial charge in [0.2, 0.25) is 11.6 Å². The first-order valence-corrected chi connectivity index (χ1v) is 9.11. The van der Waals surface area contributed by atoms with Crippen molar-refractivity contribution in [1.82, 2.24) is 14.9 Å². The standard InChI is InChI=1S/C20H25N3O5/c1-13-21-8-7-18(22-13)28-15-6-5-9-23(12-15)20(24)14-10-16(25-2)19(27-4)17(11-14)26-3/h7-8,10-11,15H,5-6,9,12H2,1-4H3/t15-/m0/s1. The predicted octanol–water partition coefficient (Wildman–Crippen LogP) is 2.49. The highest BCUT2D eigenvalue weighted by Gasteiger charge is 2.27. The average molecular weight is 387 g/mol. The number of aryl methyl sites for hydroxylation is 1. The maximum absolute atomic E-state index is 13.1. The molecule has 0 unspecified atom stereocenters. The molecule has 150 valence electrons. The normalized spacial score (nSPS) is 16.4. The van der Waals surface area contributed by atoms with E-state index in [2.05, 4.69) is 9.97 Å². The number of hydrogen-bond acceptors (Lipinski definition) is 7. The molecule has 0 aliphatic carbocycles. The highest BCUT2D eigenvalue weighted by atomic mass is 16.5. The SMILES string of the molecule is COc1cc(C(=O)N2CCC[C@H](Oc3ccnc(C)n3)C2)cc(OC)c1OC. The van der Waals surface area contributed by atoms with Gasteiger partial charge in [-0.15, -0.1) is 0 Å². The van der Waals surface area contributed by atoms with Crippen LogP contribution in [0.25, 0.3) is 0 Å². The van der Waals surface area contributed by atoms with Gasteiger partial charge in [0.25, 0.3) is 5.91 Å². The molecule has 1 aliphatic heterocycles. The summed E-state index contributed by atoms with van der Waals surface area (Å²) in [6.07, 6.45) is 3.26. The van der Waals surface area contributed by atoms with E-state index in [1.807, 2.05) is 6.92 Å². The van der Waals surface area contributed by atoms with E-state index in [0.29, 0.717) is 47.6 Å². The number of rotatable bonds is 6. The van der Waals surface area contributed by atoms with Crippen LogP contribution in [0.2, 0.25) is 0 Å². The molecular formula is C20H25N3O5. The van der Waals surface area contributed by atoms with Crippen molar-refractivity contribution in [3.8, 4) is 23.1 Å². The summed E-state index contributed by atoms with van der Waals surface area (Å²) >= 11 is 0. The molecule has 1 aromatic carbocycles. The van der Waals surface area contributed by atoms with Crippen LogP contribution in [0.4, 0.5) is 0 Å². The highest BCUT2D eigenvalue weighted by molar-refractivity contribution is 5.95. The van der Waals surface area contributed by atoms with Crippen molar-refractivity contribution in [3.05, 3.63) is 35.8 Å². The van der Waals surface area contributed by atoms with Gasteiger partial charge in [-0.2, -0.15) is 4.98 Å². The van der Waals surface area contributed by atoms with Gasteiger partial charge in [-0.1, -0.05) is 0 Å². The van der Waals surface area contributed by atoms with Crippen molar-refractivity contribution in [3.63, 3.8) is 0 Å². The number of likely N-dealkylation sites (tertiary alicyclic amines) is 1. The molecule has 0 spiro atoms. The molecular weight excluding hydrogens is 362 g/mol. The van der Waals surface area contributed by atoms with Gasteiger partial charge >= 0.3 is 0 Å². The average Bonchev–Trinajstić information content (AvgIpc) is 2.72. The first kappa shape index (κ1) is 19.7. The van der Waals surface area contributed by atoms with Crippen LogP contribution in [-0.4, -0.2) is 61.3 Å². The van der Waals surface area contributed by atoms with Gasteiger partial charge in [-0.3, -0.25) is 4.79 Å². The van der Waals surface area contributed by atoms with Gasteiger partial charge < -0.3 is 23.8 Å². The van der Waals surface area contributed by atoms with Crippen molar-refractivity contribution in [2.75, 3.05) is 34.4 Å². The lowest BCUT2D eigenvalue weighted by atomic mass is 10.1. The maximum atomic E-state index is 13.1. The fourth-order valence-electron chi connectivity index (χ4n) is 3.28. The molecule has 1 atom stereocenters. The fourth-order valence-corrected chi connectivity index (χ4v) is 3.28. The molecule has 0 N–H and O–H groups in total. The molecule has 1 aliphatic rings. The molecule has 8 heteroatoms. The van der Waals surface area contributed by atoms with Crippen LogP contribution in [0.1, 0.15) is 29.0 Å². The summed E-state index contributed by atoms with van der Waals surface area (Å²) in [7, 11) is 4.59. The number of piperidine rings is 1. The molecule has 8 nitrogen and oxygen atoms in total. The summed E-state index contributed by atoms with van der Waals surface area (Å²) in [6, 6.07) is 5.07. The molecule has 0 bridgehead atoms. The highest BCUT2D eigenvalue weighted by Crippen LogP contribution is 2.38. The number of methoxy groups -OCH3 is 3. The number of amides is 1. The molecule has 0 radical (unpaired) electrons. The monoisotopic (exact) mass is 387 g/mol.